The number of pyridine rings is 1. The lowest BCUT2D eigenvalue weighted by Crippen LogP contribution is -2.52. The Morgan fingerprint density at radius 3 is 2.49 bits per heavy atom. The molecular weight excluding hydrogens is 463 g/mol. The summed E-state index contributed by atoms with van der Waals surface area (Å²) in [6.45, 7) is 1.01. The van der Waals surface area contributed by atoms with Gasteiger partial charge in [0.05, 0.1) is 5.56 Å². The van der Waals surface area contributed by atoms with Crippen molar-refractivity contribution in [3.05, 3.63) is 59.3 Å². The van der Waals surface area contributed by atoms with Gasteiger partial charge in [0.2, 0.25) is 5.91 Å². The highest BCUT2D eigenvalue weighted by Crippen LogP contribution is 2.39. The minimum atomic E-state index is -4.45. The van der Waals surface area contributed by atoms with E-state index in [1.807, 2.05) is 24.3 Å². The molecule has 1 unspecified atom stereocenters. The van der Waals surface area contributed by atoms with E-state index in [0.29, 0.717) is 38.4 Å². The van der Waals surface area contributed by atoms with E-state index in [1.54, 1.807) is 9.80 Å². The molecule has 1 aliphatic carbocycles. The highest BCUT2D eigenvalue weighted by atomic mass is 19.4. The smallest absolute Gasteiger partial charge is 0.353 e. The van der Waals surface area contributed by atoms with E-state index < -0.39 is 29.2 Å². The molecule has 1 spiro atoms. The molecule has 0 radical (unpaired) electrons. The number of halogens is 3. The highest BCUT2D eigenvalue weighted by molar-refractivity contribution is 6.09. The number of nitrogens with one attached hydrogen (secondary N) is 1. The van der Waals surface area contributed by atoms with Gasteiger partial charge in [0.15, 0.2) is 0 Å². The molecule has 2 aromatic rings. The van der Waals surface area contributed by atoms with Crippen molar-refractivity contribution < 1.29 is 27.6 Å². The zero-order valence-corrected chi connectivity index (χ0v) is 18.8. The van der Waals surface area contributed by atoms with Crippen molar-refractivity contribution in [1.29, 1.82) is 0 Å². The quantitative estimate of drug-likeness (QED) is 0.673. The predicted molar refractivity (Wildman–Crippen MR) is 119 cm³/mol. The van der Waals surface area contributed by atoms with Crippen LogP contribution in [0.4, 0.5) is 23.8 Å². The Labute approximate surface area is 199 Å². The fraction of sp³-hybridized carbons (Fsp3) is 0.417. The van der Waals surface area contributed by atoms with Crippen LogP contribution in [0.1, 0.15) is 29.5 Å². The van der Waals surface area contributed by atoms with Gasteiger partial charge in [-0.15, -0.1) is 0 Å². The fourth-order valence-electron chi connectivity index (χ4n) is 5.12. The molecular formula is C24H24F3N5O3. The molecule has 11 heteroatoms. The Morgan fingerprint density at radius 2 is 1.80 bits per heavy atom. The van der Waals surface area contributed by atoms with E-state index in [9.17, 15) is 27.6 Å². The average molecular weight is 487 g/mol. The van der Waals surface area contributed by atoms with Gasteiger partial charge in [-0.2, -0.15) is 13.2 Å². The number of imide groups is 1. The highest BCUT2D eigenvalue weighted by Gasteiger charge is 2.54. The number of fused-ring (bicyclic) bond motifs is 2. The number of rotatable bonds is 3. The number of alkyl halides is 3. The Balaban J connectivity index is 1.22. The van der Waals surface area contributed by atoms with Crippen LogP contribution in [0, 0.1) is 0 Å². The SMILES string of the molecule is O=C(CN1C(=O)NC2(CCCc3ccccc32)C1=O)N1CCN(c2ccc(C(F)(F)F)cn2)CC1. The average Bonchev–Trinajstić information content (AvgIpc) is 3.08. The summed E-state index contributed by atoms with van der Waals surface area (Å²) in [4.78, 5) is 47.3. The second-order valence-electron chi connectivity index (χ2n) is 9.01. The zero-order valence-electron chi connectivity index (χ0n) is 18.8. The van der Waals surface area contributed by atoms with E-state index in [1.165, 1.54) is 6.07 Å². The largest absolute Gasteiger partial charge is 0.417 e. The number of amides is 4. The van der Waals surface area contributed by atoms with E-state index in [4.69, 9.17) is 0 Å². The summed E-state index contributed by atoms with van der Waals surface area (Å²) in [6, 6.07) is 9.27. The Kier molecular flexibility index (Phi) is 5.65. The van der Waals surface area contributed by atoms with Gasteiger partial charge in [0, 0.05) is 32.4 Å². The molecule has 1 aromatic carbocycles. The lowest BCUT2D eigenvalue weighted by molar-refractivity contribution is -0.139. The van der Waals surface area contributed by atoms with Crippen LogP contribution in [0.25, 0.3) is 0 Å². The maximum Gasteiger partial charge on any atom is 0.417 e. The van der Waals surface area contributed by atoms with Gasteiger partial charge >= 0.3 is 12.2 Å². The Bertz CT molecular complexity index is 1160. The van der Waals surface area contributed by atoms with Crippen LogP contribution in [0.5, 0.6) is 0 Å². The topological polar surface area (TPSA) is 85.8 Å². The van der Waals surface area contributed by atoms with Crippen LogP contribution in [-0.2, 0) is 27.7 Å². The van der Waals surface area contributed by atoms with Crippen molar-refractivity contribution in [1.82, 2.24) is 20.1 Å². The number of carbonyl (C=O) groups is 3. The minimum absolute atomic E-state index is 0.305. The number of hydrogen-bond donors (Lipinski definition) is 1. The molecule has 5 rings (SSSR count). The molecule has 3 aliphatic rings. The van der Waals surface area contributed by atoms with Crippen molar-refractivity contribution in [2.24, 2.45) is 0 Å². The molecule has 4 amide bonds. The molecule has 3 heterocycles. The van der Waals surface area contributed by atoms with Crippen molar-refractivity contribution >= 4 is 23.7 Å². The first-order chi connectivity index (χ1) is 16.7. The molecule has 2 aliphatic heterocycles. The normalized spacial score (nSPS) is 22.4. The number of urea groups is 1. The molecule has 0 saturated carbocycles. The van der Waals surface area contributed by atoms with Gasteiger partial charge in [-0.25, -0.2) is 9.78 Å². The van der Waals surface area contributed by atoms with Crippen LogP contribution in [-0.4, -0.2) is 65.4 Å². The van der Waals surface area contributed by atoms with Crippen molar-refractivity contribution in [2.45, 2.75) is 31.0 Å². The summed E-state index contributed by atoms with van der Waals surface area (Å²) in [7, 11) is 0. The van der Waals surface area contributed by atoms with Gasteiger partial charge in [-0.05, 0) is 42.5 Å². The molecule has 184 valence electrons. The molecule has 8 nitrogen and oxygen atoms in total. The van der Waals surface area contributed by atoms with Crippen LogP contribution in [0.3, 0.4) is 0 Å². The van der Waals surface area contributed by atoms with Gasteiger partial charge in [0.1, 0.15) is 17.9 Å². The number of anilines is 1. The van der Waals surface area contributed by atoms with Gasteiger partial charge in [-0.3, -0.25) is 14.5 Å². The molecule has 1 aromatic heterocycles. The number of nitrogens with zero attached hydrogens (tertiary/aromatic N) is 4. The first kappa shape index (κ1) is 23.1. The Hall–Kier alpha value is -3.63. The number of carbonyl (C=O) groups excluding carboxylic acids is 3. The molecule has 1 N–H and O–H groups in total. The molecule has 1 atom stereocenters. The Morgan fingerprint density at radius 1 is 1.06 bits per heavy atom. The molecule has 2 fully saturated rings. The summed E-state index contributed by atoms with van der Waals surface area (Å²) in [5.74, 6) is -0.359. The number of benzene rings is 1. The van der Waals surface area contributed by atoms with Crippen LogP contribution < -0.4 is 10.2 Å². The summed E-state index contributed by atoms with van der Waals surface area (Å²) in [5.41, 5.74) is -0.133. The summed E-state index contributed by atoms with van der Waals surface area (Å²) in [5, 5.41) is 2.85. The molecule has 0 bridgehead atoms. The lowest BCUT2D eigenvalue weighted by Gasteiger charge is -2.36. The minimum Gasteiger partial charge on any atom is -0.353 e. The van der Waals surface area contributed by atoms with Crippen molar-refractivity contribution in [2.75, 3.05) is 37.6 Å². The van der Waals surface area contributed by atoms with E-state index >= 15 is 0 Å². The standard InChI is InChI=1S/C24H24F3N5O3/c25-24(26,27)17-7-8-19(28-14-17)30-10-12-31(13-11-30)20(33)15-32-21(34)23(29-22(32)35)9-3-5-16-4-1-2-6-18(16)23/h1-2,4,6-8,14H,3,5,9-13,15H2,(H,29,35). The maximum atomic E-state index is 13.4. The molecule has 2 saturated heterocycles. The lowest BCUT2D eigenvalue weighted by atomic mass is 9.76. The van der Waals surface area contributed by atoms with Crippen molar-refractivity contribution in [3.63, 3.8) is 0 Å². The number of aromatic nitrogens is 1. The molecule has 35 heavy (non-hydrogen) atoms. The number of aryl methyl sites for hydroxylation is 1. The monoisotopic (exact) mass is 487 g/mol. The second kappa shape index (κ2) is 8.54. The van der Waals surface area contributed by atoms with E-state index in [-0.39, 0.29) is 12.5 Å². The van der Waals surface area contributed by atoms with Gasteiger partial charge in [-0.1, -0.05) is 24.3 Å². The predicted octanol–water partition coefficient (Wildman–Crippen LogP) is 2.53. The van der Waals surface area contributed by atoms with Crippen LogP contribution >= 0.6 is 0 Å². The van der Waals surface area contributed by atoms with E-state index in [0.717, 1.165) is 41.1 Å². The number of piperazine rings is 1. The third kappa shape index (κ3) is 4.08. The van der Waals surface area contributed by atoms with Gasteiger partial charge < -0.3 is 15.1 Å². The summed E-state index contributed by atoms with van der Waals surface area (Å²) in [6.07, 6.45) is -1.58. The third-order valence-electron chi connectivity index (χ3n) is 6.98. The van der Waals surface area contributed by atoms with E-state index in [2.05, 4.69) is 10.3 Å². The fourth-order valence-corrected chi connectivity index (χ4v) is 5.12. The first-order valence-corrected chi connectivity index (χ1v) is 11.5. The van der Waals surface area contributed by atoms with Crippen LogP contribution in [0.15, 0.2) is 42.6 Å². The van der Waals surface area contributed by atoms with Gasteiger partial charge in [0.25, 0.3) is 5.91 Å². The first-order valence-electron chi connectivity index (χ1n) is 11.5. The van der Waals surface area contributed by atoms with Crippen LogP contribution in [0.2, 0.25) is 0 Å². The number of hydrogen-bond acceptors (Lipinski definition) is 5. The van der Waals surface area contributed by atoms with Crippen molar-refractivity contribution in [3.8, 4) is 0 Å². The maximum absolute atomic E-state index is 13.4. The second-order valence-corrected chi connectivity index (χ2v) is 9.01. The zero-order chi connectivity index (χ0) is 24.8. The summed E-state index contributed by atoms with van der Waals surface area (Å²) >= 11 is 0. The third-order valence-corrected chi connectivity index (χ3v) is 6.98. The summed E-state index contributed by atoms with van der Waals surface area (Å²) < 4.78 is 38.3.